The van der Waals surface area contributed by atoms with Crippen molar-refractivity contribution in [3.8, 4) is 0 Å². The van der Waals surface area contributed by atoms with E-state index in [1.54, 1.807) is 0 Å². The predicted molar refractivity (Wildman–Crippen MR) is 67.7 cm³/mol. The molecule has 0 bridgehead atoms. The Kier molecular flexibility index (Phi) is 3.78. The number of carbonyl (C=O) groups excluding carboxylic acids is 1. The summed E-state index contributed by atoms with van der Waals surface area (Å²) in [6.07, 6.45) is 0.395. The molecule has 0 spiro atoms. The van der Waals surface area contributed by atoms with Crippen LogP contribution in [0.1, 0.15) is 6.42 Å². The minimum Gasteiger partial charge on any atom is -0.325 e. The fourth-order valence-corrected chi connectivity index (χ4v) is 1.84. The van der Waals surface area contributed by atoms with E-state index in [-0.39, 0.29) is 17.3 Å². The van der Waals surface area contributed by atoms with Crippen LogP contribution in [0, 0.1) is 16.0 Å². The molecule has 1 fully saturated rings. The van der Waals surface area contributed by atoms with Gasteiger partial charge in [0.25, 0.3) is 5.69 Å². The van der Waals surface area contributed by atoms with Crippen molar-refractivity contribution in [1.29, 1.82) is 0 Å². The van der Waals surface area contributed by atoms with E-state index in [0.29, 0.717) is 17.4 Å². The second-order valence-corrected chi connectivity index (χ2v) is 4.61. The number of carbonyl (C=O) groups is 1. The highest BCUT2D eigenvalue weighted by Crippen LogP contribution is 2.27. The normalized spacial score (nSPS) is 14.9. The van der Waals surface area contributed by atoms with Crippen LogP contribution in [-0.4, -0.2) is 23.9 Å². The highest BCUT2D eigenvalue weighted by molar-refractivity contribution is 6.33. The quantitative estimate of drug-likeness (QED) is 0.645. The van der Waals surface area contributed by atoms with Crippen LogP contribution in [0.2, 0.25) is 5.02 Å². The van der Waals surface area contributed by atoms with Gasteiger partial charge in [0.1, 0.15) is 0 Å². The maximum absolute atomic E-state index is 11.7. The van der Waals surface area contributed by atoms with Crippen molar-refractivity contribution in [3.05, 3.63) is 33.3 Å². The van der Waals surface area contributed by atoms with Crippen molar-refractivity contribution in [2.24, 2.45) is 5.92 Å². The molecule has 7 heteroatoms. The van der Waals surface area contributed by atoms with E-state index in [1.807, 2.05) is 0 Å². The number of non-ortho nitro benzene ring substituents is 1. The highest BCUT2D eigenvalue weighted by atomic mass is 35.5. The molecule has 0 aromatic heterocycles. The maximum Gasteiger partial charge on any atom is 0.271 e. The van der Waals surface area contributed by atoms with Crippen LogP contribution < -0.4 is 10.6 Å². The summed E-state index contributed by atoms with van der Waals surface area (Å²) in [6, 6.07) is 3.97. The van der Waals surface area contributed by atoms with Gasteiger partial charge in [0.15, 0.2) is 0 Å². The molecule has 6 nitrogen and oxygen atoms in total. The molecule has 0 aliphatic carbocycles. The Morgan fingerprint density at radius 3 is 2.83 bits per heavy atom. The first-order chi connectivity index (χ1) is 8.56. The third kappa shape index (κ3) is 2.96. The maximum atomic E-state index is 11.7. The van der Waals surface area contributed by atoms with E-state index < -0.39 is 4.92 Å². The average Bonchev–Trinajstić information content (AvgIpc) is 2.26. The number of hydrogen-bond donors (Lipinski definition) is 2. The molecule has 1 amide bonds. The van der Waals surface area contributed by atoms with Gasteiger partial charge in [-0.15, -0.1) is 0 Å². The molecule has 1 heterocycles. The fourth-order valence-electron chi connectivity index (χ4n) is 1.68. The molecular formula is C11H12ClN3O3. The second kappa shape index (κ2) is 5.32. The van der Waals surface area contributed by atoms with E-state index in [1.165, 1.54) is 18.2 Å². The SMILES string of the molecule is O=C(CC1CNC1)Nc1cc([N+](=O)[O-])ccc1Cl. The first kappa shape index (κ1) is 12.8. The van der Waals surface area contributed by atoms with Gasteiger partial charge in [0.2, 0.25) is 5.91 Å². The Bertz CT molecular complexity index is 488. The van der Waals surface area contributed by atoms with Crippen molar-refractivity contribution in [2.75, 3.05) is 18.4 Å². The molecule has 2 N–H and O–H groups in total. The topological polar surface area (TPSA) is 84.3 Å². The number of nitro benzene ring substituents is 1. The smallest absolute Gasteiger partial charge is 0.271 e. The average molecular weight is 270 g/mol. The van der Waals surface area contributed by atoms with Gasteiger partial charge in [-0.1, -0.05) is 11.6 Å². The summed E-state index contributed by atoms with van der Waals surface area (Å²) >= 11 is 5.88. The molecular weight excluding hydrogens is 258 g/mol. The summed E-state index contributed by atoms with van der Waals surface area (Å²) in [7, 11) is 0. The van der Waals surface area contributed by atoms with Crippen LogP contribution in [0.15, 0.2) is 18.2 Å². The minimum absolute atomic E-state index is 0.0972. The summed E-state index contributed by atoms with van der Waals surface area (Å²) in [5.41, 5.74) is 0.183. The number of nitro groups is 1. The van der Waals surface area contributed by atoms with E-state index >= 15 is 0 Å². The van der Waals surface area contributed by atoms with E-state index in [9.17, 15) is 14.9 Å². The van der Waals surface area contributed by atoms with Crippen molar-refractivity contribution in [1.82, 2.24) is 5.32 Å². The number of benzene rings is 1. The largest absolute Gasteiger partial charge is 0.325 e. The Hall–Kier alpha value is -1.66. The third-order valence-electron chi connectivity index (χ3n) is 2.77. The van der Waals surface area contributed by atoms with Crippen molar-refractivity contribution in [2.45, 2.75) is 6.42 Å². The third-order valence-corrected chi connectivity index (χ3v) is 3.10. The molecule has 0 atom stereocenters. The number of halogens is 1. The fraction of sp³-hybridized carbons (Fsp3) is 0.364. The lowest BCUT2D eigenvalue weighted by Gasteiger charge is -2.26. The zero-order chi connectivity index (χ0) is 13.1. The Labute approximate surface area is 108 Å². The lowest BCUT2D eigenvalue weighted by Crippen LogP contribution is -2.43. The summed E-state index contributed by atoms with van der Waals surface area (Å²) in [5.74, 6) is 0.159. The molecule has 1 aliphatic rings. The Balaban J connectivity index is 2.04. The van der Waals surface area contributed by atoms with Crippen LogP contribution in [0.3, 0.4) is 0 Å². The van der Waals surface area contributed by atoms with Crippen molar-refractivity contribution in [3.63, 3.8) is 0 Å². The number of amides is 1. The van der Waals surface area contributed by atoms with Crippen LogP contribution in [0.4, 0.5) is 11.4 Å². The molecule has 1 aliphatic heterocycles. The monoisotopic (exact) mass is 269 g/mol. The van der Waals surface area contributed by atoms with Gasteiger partial charge in [-0.25, -0.2) is 0 Å². The predicted octanol–water partition coefficient (Wildman–Crippen LogP) is 1.80. The van der Waals surface area contributed by atoms with Crippen molar-refractivity contribution < 1.29 is 9.72 Å². The van der Waals surface area contributed by atoms with E-state index in [4.69, 9.17) is 11.6 Å². The summed E-state index contributed by atoms with van der Waals surface area (Å²) in [4.78, 5) is 21.8. The lowest BCUT2D eigenvalue weighted by atomic mass is 9.99. The number of nitrogens with zero attached hydrogens (tertiary/aromatic N) is 1. The Morgan fingerprint density at radius 1 is 1.56 bits per heavy atom. The summed E-state index contributed by atoms with van der Waals surface area (Å²) in [6.45, 7) is 1.66. The molecule has 0 unspecified atom stereocenters. The molecule has 18 heavy (non-hydrogen) atoms. The number of hydrogen-bond acceptors (Lipinski definition) is 4. The van der Waals surface area contributed by atoms with Crippen LogP contribution in [-0.2, 0) is 4.79 Å². The molecule has 0 radical (unpaired) electrons. The van der Waals surface area contributed by atoms with Gasteiger partial charge < -0.3 is 10.6 Å². The van der Waals surface area contributed by atoms with Crippen LogP contribution in [0.5, 0.6) is 0 Å². The first-order valence-corrected chi connectivity index (χ1v) is 5.88. The Morgan fingerprint density at radius 2 is 2.28 bits per heavy atom. The molecule has 1 saturated heterocycles. The van der Waals surface area contributed by atoms with Gasteiger partial charge in [0.05, 0.1) is 15.6 Å². The van der Waals surface area contributed by atoms with Gasteiger partial charge in [-0.3, -0.25) is 14.9 Å². The number of nitrogens with one attached hydrogen (secondary N) is 2. The number of rotatable bonds is 4. The molecule has 1 aromatic rings. The van der Waals surface area contributed by atoms with E-state index in [2.05, 4.69) is 10.6 Å². The van der Waals surface area contributed by atoms with Crippen LogP contribution in [0.25, 0.3) is 0 Å². The van der Waals surface area contributed by atoms with Gasteiger partial charge in [-0.2, -0.15) is 0 Å². The summed E-state index contributed by atoms with van der Waals surface area (Å²) in [5, 5.41) is 16.6. The first-order valence-electron chi connectivity index (χ1n) is 5.51. The van der Waals surface area contributed by atoms with Crippen LogP contribution >= 0.6 is 11.6 Å². The second-order valence-electron chi connectivity index (χ2n) is 4.20. The zero-order valence-corrected chi connectivity index (χ0v) is 10.2. The van der Waals surface area contributed by atoms with Gasteiger partial charge >= 0.3 is 0 Å². The van der Waals surface area contributed by atoms with Crippen molar-refractivity contribution >= 4 is 28.9 Å². The van der Waals surface area contributed by atoms with Gasteiger partial charge in [0, 0.05) is 18.6 Å². The lowest BCUT2D eigenvalue weighted by molar-refractivity contribution is -0.384. The van der Waals surface area contributed by atoms with Gasteiger partial charge in [-0.05, 0) is 25.1 Å². The zero-order valence-electron chi connectivity index (χ0n) is 9.48. The van der Waals surface area contributed by atoms with E-state index in [0.717, 1.165) is 13.1 Å². The molecule has 2 rings (SSSR count). The molecule has 0 saturated carbocycles. The molecule has 1 aromatic carbocycles. The standard InChI is InChI=1S/C11H12ClN3O3/c12-9-2-1-8(15(17)18)4-10(9)14-11(16)3-7-5-13-6-7/h1-2,4,7,13H,3,5-6H2,(H,14,16). The molecule has 96 valence electrons. The minimum atomic E-state index is -0.526. The highest BCUT2D eigenvalue weighted by Gasteiger charge is 2.21. The summed E-state index contributed by atoms with van der Waals surface area (Å²) < 4.78 is 0. The number of anilines is 1.